The molecule has 0 spiro atoms. The van der Waals surface area contributed by atoms with E-state index in [9.17, 15) is 18.0 Å². The fourth-order valence-corrected chi connectivity index (χ4v) is 3.51. The normalized spacial score (nSPS) is 20.4. The summed E-state index contributed by atoms with van der Waals surface area (Å²) in [6, 6.07) is 12.0. The van der Waals surface area contributed by atoms with Crippen LogP contribution >= 0.6 is 0 Å². The van der Waals surface area contributed by atoms with E-state index in [0.717, 1.165) is 18.6 Å². The van der Waals surface area contributed by atoms with Gasteiger partial charge in [-0.05, 0) is 55.1 Å². The molecule has 1 aliphatic rings. The van der Waals surface area contributed by atoms with Gasteiger partial charge in [-0.3, -0.25) is 4.79 Å². The Balaban J connectivity index is 1.93. The maximum absolute atomic E-state index is 13.0. The molecule has 0 bridgehead atoms. The smallest absolute Gasteiger partial charge is 0.336 e. The second-order valence-electron chi connectivity index (χ2n) is 6.76. The molecule has 2 unspecified atom stereocenters. The molecule has 0 saturated carbocycles. The zero-order valence-corrected chi connectivity index (χ0v) is 14.5. The van der Waals surface area contributed by atoms with E-state index in [0.29, 0.717) is 29.8 Å². The van der Waals surface area contributed by atoms with Crippen molar-refractivity contribution in [3.05, 3.63) is 59.7 Å². The fourth-order valence-electron chi connectivity index (χ4n) is 3.51. The third-order valence-electron chi connectivity index (χ3n) is 4.94. The van der Waals surface area contributed by atoms with Gasteiger partial charge < -0.3 is 10.6 Å². The predicted molar refractivity (Wildman–Crippen MR) is 94.5 cm³/mol. The van der Waals surface area contributed by atoms with Crippen LogP contribution in [0.2, 0.25) is 0 Å². The van der Waals surface area contributed by atoms with Gasteiger partial charge in [-0.2, -0.15) is 13.2 Å². The standard InChI is InChI=1S/C20H21F3N2O/c1-13-10-14(11-24)12-25(13)19(26)18-5-3-2-4-17(18)15-6-8-16(9-7-15)20(21,22)23/h2-9,13-14H,10-12,24H2,1H3. The van der Waals surface area contributed by atoms with Crippen LogP contribution in [0.4, 0.5) is 13.2 Å². The Morgan fingerprint density at radius 3 is 2.38 bits per heavy atom. The zero-order valence-electron chi connectivity index (χ0n) is 14.5. The summed E-state index contributed by atoms with van der Waals surface area (Å²) in [6.07, 6.45) is -3.51. The number of hydrogen-bond donors (Lipinski definition) is 1. The molecule has 3 nitrogen and oxygen atoms in total. The Morgan fingerprint density at radius 2 is 1.81 bits per heavy atom. The minimum Gasteiger partial charge on any atom is -0.336 e. The molecule has 2 aromatic carbocycles. The molecule has 1 fully saturated rings. The van der Waals surface area contributed by atoms with E-state index < -0.39 is 11.7 Å². The molecule has 1 heterocycles. The van der Waals surface area contributed by atoms with Gasteiger partial charge in [0.25, 0.3) is 5.91 Å². The molecular weight excluding hydrogens is 341 g/mol. The number of likely N-dealkylation sites (tertiary alicyclic amines) is 1. The first-order valence-electron chi connectivity index (χ1n) is 8.59. The zero-order chi connectivity index (χ0) is 18.9. The summed E-state index contributed by atoms with van der Waals surface area (Å²) >= 11 is 0. The number of alkyl halides is 3. The minimum absolute atomic E-state index is 0.0942. The second-order valence-corrected chi connectivity index (χ2v) is 6.76. The van der Waals surface area contributed by atoms with Crippen molar-refractivity contribution in [1.29, 1.82) is 0 Å². The molecule has 1 aliphatic heterocycles. The van der Waals surface area contributed by atoms with Crippen LogP contribution in [0.3, 0.4) is 0 Å². The van der Waals surface area contributed by atoms with Gasteiger partial charge in [-0.1, -0.05) is 30.3 Å². The van der Waals surface area contributed by atoms with Gasteiger partial charge in [0.05, 0.1) is 5.56 Å². The molecule has 0 aromatic heterocycles. The van der Waals surface area contributed by atoms with Crippen molar-refractivity contribution in [2.45, 2.75) is 25.6 Å². The summed E-state index contributed by atoms with van der Waals surface area (Å²) in [5, 5.41) is 0. The van der Waals surface area contributed by atoms with Crippen LogP contribution in [-0.2, 0) is 6.18 Å². The van der Waals surface area contributed by atoms with Gasteiger partial charge in [0.1, 0.15) is 0 Å². The highest BCUT2D eigenvalue weighted by atomic mass is 19.4. The Morgan fingerprint density at radius 1 is 1.15 bits per heavy atom. The average molecular weight is 362 g/mol. The molecule has 26 heavy (non-hydrogen) atoms. The molecule has 2 atom stereocenters. The molecule has 2 N–H and O–H groups in total. The van der Waals surface area contributed by atoms with Crippen molar-refractivity contribution >= 4 is 5.91 Å². The topological polar surface area (TPSA) is 46.3 Å². The molecule has 3 rings (SSSR count). The Bertz CT molecular complexity index is 786. The van der Waals surface area contributed by atoms with Crippen LogP contribution in [0.25, 0.3) is 11.1 Å². The number of benzene rings is 2. The predicted octanol–water partition coefficient (Wildman–Crippen LogP) is 4.18. The lowest BCUT2D eigenvalue weighted by molar-refractivity contribution is -0.137. The molecule has 0 radical (unpaired) electrons. The van der Waals surface area contributed by atoms with Crippen LogP contribution in [0.15, 0.2) is 48.5 Å². The molecule has 138 valence electrons. The Kier molecular flexibility index (Phi) is 5.05. The number of carbonyl (C=O) groups excluding carboxylic acids is 1. The number of rotatable bonds is 3. The van der Waals surface area contributed by atoms with Crippen molar-refractivity contribution in [3.63, 3.8) is 0 Å². The van der Waals surface area contributed by atoms with Crippen LogP contribution in [0.5, 0.6) is 0 Å². The highest BCUT2D eigenvalue weighted by molar-refractivity contribution is 6.01. The largest absolute Gasteiger partial charge is 0.416 e. The highest BCUT2D eigenvalue weighted by Gasteiger charge is 2.33. The molecule has 6 heteroatoms. The minimum atomic E-state index is -4.38. The quantitative estimate of drug-likeness (QED) is 0.890. The van der Waals surface area contributed by atoms with E-state index in [1.54, 1.807) is 29.2 Å². The molecular formula is C20H21F3N2O. The number of amides is 1. The van der Waals surface area contributed by atoms with Gasteiger partial charge in [-0.25, -0.2) is 0 Å². The summed E-state index contributed by atoms with van der Waals surface area (Å²) in [5.74, 6) is 0.177. The van der Waals surface area contributed by atoms with Gasteiger partial charge >= 0.3 is 6.18 Å². The second kappa shape index (κ2) is 7.11. The average Bonchev–Trinajstić information content (AvgIpc) is 3.01. The van der Waals surface area contributed by atoms with Crippen LogP contribution in [-0.4, -0.2) is 29.9 Å². The lowest BCUT2D eigenvalue weighted by Crippen LogP contribution is -2.34. The van der Waals surface area contributed by atoms with Crippen LogP contribution < -0.4 is 5.73 Å². The third kappa shape index (κ3) is 3.60. The highest BCUT2D eigenvalue weighted by Crippen LogP contribution is 2.33. The number of nitrogens with zero attached hydrogens (tertiary/aromatic N) is 1. The van der Waals surface area contributed by atoms with E-state index in [1.807, 2.05) is 6.92 Å². The lowest BCUT2D eigenvalue weighted by atomic mass is 9.97. The van der Waals surface area contributed by atoms with Crippen molar-refractivity contribution < 1.29 is 18.0 Å². The first kappa shape index (κ1) is 18.5. The SMILES string of the molecule is CC1CC(CN)CN1C(=O)c1ccccc1-c1ccc(C(F)(F)F)cc1. The first-order valence-corrected chi connectivity index (χ1v) is 8.59. The summed E-state index contributed by atoms with van der Waals surface area (Å²) in [7, 11) is 0. The summed E-state index contributed by atoms with van der Waals surface area (Å²) < 4.78 is 38.3. The summed E-state index contributed by atoms with van der Waals surface area (Å²) in [5.41, 5.74) is 6.75. The van der Waals surface area contributed by atoms with Gasteiger partial charge in [0.2, 0.25) is 0 Å². The summed E-state index contributed by atoms with van der Waals surface area (Å²) in [4.78, 5) is 14.9. The number of halogens is 3. The van der Waals surface area contributed by atoms with E-state index in [-0.39, 0.29) is 17.9 Å². The molecule has 2 aromatic rings. The summed E-state index contributed by atoms with van der Waals surface area (Å²) in [6.45, 7) is 3.14. The fraction of sp³-hybridized carbons (Fsp3) is 0.350. The van der Waals surface area contributed by atoms with Crippen molar-refractivity contribution in [3.8, 4) is 11.1 Å². The van der Waals surface area contributed by atoms with E-state index in [4.69, 9.17) is 5.73 Å². The maximum Gasteiger partial charge on any atom is 0.416 e. The third-order valence-corrected chi connectivity index (χ3v) is 4.94. The molecule has 1 amide bonds. The van der Waals surface area contributed by atoms with E-state index >= 15 is 0 Å². The van der Waals surface area contributed by atoms with Crippen molar-refractivity contribution in [2.24, 2.45) is 11.7 Å². The van der Waals surface area contributed by atoms with E-state index in [2.05, 4.69) is 0 Å². The molecule has 1 saturated heterocycles. The first-order chi connectivity index (χ1) is 12.3. The number of carbonyl (C=O) groups is 1. The van der Waals surface area contributed by atoms with Crippen LogP contribution in [0, 0.1) is 5.92 Å². The van der Waals surface area contributed by atoms with Gasteiger partial charge in [0, 0.05) is 18.2 Å². The van der Waals surface area contributed by atoms with Crippen LogP contribution in [0.1, 0.15) is 29.3 Å². The van der Waals surface area contributed by atoms with E-state index in [1.165, 1.54) is 12.1 Å². The maximum atomic E-state index is 13.0. The number of hydrogen-bond acceptors (Lipinski definition) is 2. The molecule has 0 aliphatic carbocycles. The van der Waals surface area contributed by atoms with Crippen molar-refractivity contribution in [2.75, 3.05) is 13.1 Å². The van der Waals surface area contributed by atoms with Gasteiger partial charge in [0.15, 0.2) is 0 Å². The Labute approximate surface area is 150 Å². The van der Waals surface area contributed by atoms with Crippen molar-refractivity contribution in [1.82, 2.24) is 4.90 Å². The number of nitrogens with two attached hydrogens (primary N) is 1. The monoisotopic (exact) mass is 362 g/mol. The van der Waals surface area contributed by atoms with Gasteiger partial charge in [-0.15, -0.1) is 0 Å². The Hall–Kier alpha value is -2.34. The lowest BCUT2D eigenvalue weighted by Gasteiger charge is -2.23.